The zero-order valence-corrected chi connectivity index (χ0v) is 18.4. The maximum Gasteiger partial charge on any atom is 0.414 e. The molecule has 1 atom stereocenters. The van der Waals surface area contributed by atoms with E-state index < -0.39 is 0 Å². The highest BCUT2D eigenvalue weighted by atomic mass is 32.2. The van der Waals surface area contributed by atoms with Crippen LogP contribution in [0.4, 0.5) is 16.2 Å². The van der Waals surface area contributed by atoms with Crippen molar-refractivity contribution in [1.82, 2.24) is 10.3 Å². The molecule has 1 saturated heterocycles. The number of hydrogen-bond donors (Lipinski definition) is 2. The minimum Gasteiger partial charge on any atom is -0.444 e. The SMILES string of the molecule is O=C1CSc2ccc(N3C[C@@H](CCCNCc4cccc5ncccc45)OC3=O)cc2N1. The second kappa shape index (κ2) is 9.18. The highest BCUT2D eigenvalue weighted by molar-refractivity contribution is 8.00. The number of benzene rings is 2. The van der Waals surface area contributed by atoms with Gasteiger partial charge in [0, 0.05) is 28.7 Å². The van der Waals surface area contributed by atoms with Gasteiger partial charge in [-0.2, -0.15) is 0 Å². The van der Waals surface area contributed by atoms with Gasteiger partial charge in [0.1, 0.15) is 6.10 Å². The van der Waals surface area contributed by atoms with Gasteiger partial charge in [0.2, 0.25) is 5.91 Å². The van der Waals surface area contributed by atoms with E-state index in [2.05, 4.69) is 27.8 Å². The number of amides is 2. The molecule has 2 amide bonds. The molecule has 0 saturated carbocycles. The first-order valence-corrected chi connectivity index (χ1v) is 11.7. The fourth-order valence-electron chi connectivity index (χ4n) is 4.12. The van der Waals surface area contributed by atoms with E-state index in [1.165, 1.54) is 22.7 Å². The van der Waals surface area contributed by atoms with Crippen LogP contribution in [0.3, 0.4) is 0 Å². The zero-order chi connectivity index (χ0) is 21.9. The van der Waals surface area contributed by atoms with Crippen LogP contribution in [0.25, 0.3) is 10.9 Å². The first kappa shape index (κ1) is 20.8. The van der Waals surface area contributed by atoms with E-state index in [0.717, 1.165) is 47.7 Å². The molecule has 8 heteroatoms. The van der Waals surface area contributed by atoms with E-state index in [1.54, 1.807) is 4.90 Å². The van der Waals surface area contributed by atoms with Crippen molar-refractivity contribution >= 4 is 46.0 Å². The number of carbonyl (C=O) groups excluding carboxylic acids is 2. The Morgan fingerprint density at radius 3 is 3.06 bits per heavy atom. The number of anilines is 2. The summed E-state index contributed by atoms with van der Waals surface area (Å²) in [4.78, 5) is 31.1. The van der Waals surface area contributed by atoms with E-state index in [1.807, 2.05) is 42.6 Å². The van der Waals surface area contributed by atoms with Gasteiger partial charge in [-0.15, -0.1) is 11.8 Å². The van der Waals surface area contributed by atoms with Gasteiger partial charge in [0.25, 0.3) is 0 Å². The highest BCUT2D eigenvalue weighted by Crippen LogP contribution is 2.35. The first-order valence-electron chi connectivity index (χ1n) is 10.8. The molecule has 2 aliphatic heterocycles. The lowest BCUT2D eigenvalue weighted by molar-refractivity contribution is -0.113. The molecule has 2 aromatic carbocycles. The third kappa shape index (κ3) is 4.42. The monoisotopic (exact) mass is 448 g/mol. The molecule has 0 bridgehead atoms. The van der Waals surface area contributed by atoms with Crippen molar-refractivity contribution in [2.24, 2.45) is 0 Å². The fourth-order valence-corrected chi connectivity index (χ4v) is 4.91. The van der Waals surface area contributed by atoms with Crippen molar-refractivity contribution in [3.8, 4) is 0 Å². The fraction of sp³-hybridized carbons (Fsp3) is 0.292. The van der Waals surface area contributed by atoms with E-state index in [0.29, 0.717) is 12.3 Å². The van der Waals surface area contributed by atoms with E-state index in [4.69, 9.17) is 4.74 Å². The predicted octanol–water partition coefficient (Wildman–Crippen LogP) is 4.17. The van der Waals surface area contributed by atoms with Crippen LogP contribution in [0.15, 0.2) is 59.6 Å². The van der Waals surface area contributed by atoms with Gasteiger partial charge in [-0.05, 0) is 55.3 Å². The number of pyridine rings is 1. The Bertz CT molecular complexity index is 1160. The average molecular weight is 449 g/mol. The molecule has 3 heterocycles. The van der Waals surface area contributed by atoms with Crippen molar-refractivity contribution in [2.45, 2.75) is 30.4 Å². The number of thioether (sulfide) groups is 1. The number of nitrogens with zero attached hydrogens (tertiary/aromatic N) is 2. The zero-order valence-electron chi connectivity index (χ0n) is 17.5. The minimum absolute atomic E-state index is 0.0196. The number of nitrogens with one attached hydrogen (secondary N) is 2. The second-order valence-electron chi connectivity index (χ2n) is 7.94. The quantitative estimate of drug-likeness (QED) is 0.528. The van der Waals surface area contributed by atoms with Crippen LogP contribution < -0.4 is 15.5 Å². The Kier molecular flexibility index (Phi) is 5.96. The Labute approximate surface area is 190 Å². The van der Waals surface area contributed by atoms with Gasteiger partial charge < -0.3 is 15.4 Å². The Balaban J connectivity index is 1.11. The minimum atomic E-state index is -0.332. The van der Waals surface area contributed by atoms with Gasteiger partial charge in [-0.1, -0.05) is 18.2 Å². The van der Waals surface area contributed by atoms with Crippen LogP contribution in [0.2, 0.25) is 0 Å². The maximum absolute atomic E-state index is 12.4. The number of aromatic nitrogens is 1. The van der Waals surface area contributed by atoms with Crippen molar-refractivity contribution in [3.63, 3.8) is 0 Å². The topological polar surface area (TPSA) is 83.6 Å². The summed E-state index contributed by atoms with van der Waals surface area (Å²) < 4.78 is 5.57. The van der Waals surface area contributed by atoms with Gasteiger partial charge in [0.05, 0.1) is 23.5 Å². The molecule has 5 rings (SSSR count). The number of carbonyl (C=O) groups is 2. The normalized spacial score (nSPS) is 17.9. The molecule has 32 heavy (non-hydrogen) atoms. The van der Waals surface area contributed by atoms with Crippen LogP contribution >= 0.6 is 11.8 Å². The lowest BCUT2D eigenvalue weighted by atomic mass is 10.1. The van der Waals surface area contributed by atoms with Crippen LogP contribution in [0.1, 0.15) is 18.4 Å². The summed E-state index contributed by atoms with van der Waals surface area (Å²) in [5.41, 5.74) is 3.74. The molecular formula is C24H24N4O3S. The van der Waals surface area contributed by atoms with E-state index in [-0.39, 0.29) is 18.1 Å². The Hall–Kier alpha value is -3.10. The predicted molar refractivity (Wildman–Crippen MR) is 126 cm³/mol. The number of cyclic esters (lactones) is 1. The summed E-state index contributed by atoms with van der Waals surface area (Å²) in [6.07, 6.45) is 3.05. The molecule has 0 spiro atoms. The first-order chi connectivity index (χ1) is 15.7. The molecule has 7 nitrogen and oxygen atoms in total. The number of fused-ring (bicyclic) bond motifs is 2. The van der Waals surface area contributed by atoms with Gasteiger partial charge >= 0.3 is 6.09 Å². The van der Waals surface area contributed by atoms with Crippen molar-refractivity contribution < 1.29 is 14.3 Å². The van der Waals surface area contributed by atoms with E-state index >= 15 is 0 Å². The van der Waals surface area contributed by atoms with E-state index in [9.17, 15) is 9.59 Å². The van der Waals surface area contributed by atoms with Crippen molar-refractivity contribution in [3.05, 3.63) is 60.3 Å². The van der Waals surface area contributed by atoms with Crippen LogP contribution in [0.5, 0.6) is 0 Å². The summed E-state index contributed by atoms with van der Waals surface area (Å²) in [7, 11) is 0. The molecule has 1 fully saturated rings. The Morgan fingerprint density at radius 1 is 1.19 bits per heavy atom. The third-order valence-electron chi connectivity index (χ3n) is 5.71. The molecule has 1 aromatic heterocycles. The molecule has 164 valence electrons. The summed E-state index contributed by atoms with van der Waals surface area (Å²) >= 11 is 1.51. The van der Waals surface area contributed by atoms with Gasteiger partial charge in [0.15, 0.2) is 0 Å². The van der Waals surface area contributed by atoms with Gasteiger partial charge in [-0.25, -0.2) is 4.79 Å². The standard InChI is InChI=1S/C24H24N4O3S/c29-23-15-32-22-9-8-17(12-21(22)27-23)28-14-18(31-24(28)30)5-2-10-25-13-16-4-1-7-20-19(16)6-3-11-26-20/h1,3-4,6-9,11-12,18,25H,2,5,10,13-15H2,(H,27,29)/t18-/m1/s1. The summed E-state index contributed by atoms with van der Waals surface area (Å²) in [5.74, 6) is 0.403. The Morgan fingerprint density at radius 2 is 2.12 bits per heavy atom. The van der Waals surface area contributed by atoms with Crippen LogP contribution in [-0.4, -0.2) is 41.9 Å². The number of rotatable bonds is 7. The third-order valence-corrected chi connectivity index (χ3v) is 6.79. The van der Waals surface area contributed by atoms with Gasteiger partial charge in [-0.3, -0.25) is 14.7 Å². The van der Waals surface area contributed by atoms with Crippen molar-refractivity contribution in [2.75, 3.05) is 29.1 Å². The summed E-state index contributed by atoms with van der Waals surface area (Å²) in [6, 6.07) is 15.9. The largest absolute Gasteiger partial charge is 0.444 e. The summed E-state index contributed by atoms with van der Waals surface area (Å²) in [6.45, 7) is 2.14. The smallest absolute Gasteiger partial charge is 0.414 e. The number of hydrogen-bond acceptors (Lipinski definition) is 6. The number of ether oxygens (including phenoxy) is 1. The van der Waals surface area contributed by atoms with Crippen LogP contribution in [0, 0.1) is 0 Å². The maximum atomic E-state index is 12.4. The molecule has 2 aliphatic rings. The van der Waals surface area contributed by atoms with Crippen molar-refractivity contribution in [1.29, 1.82) is 0 Å². The van der Waals surface area contributed by atoms with Crippen LogP contribution in [-0.2, 0) is 16.1 Å². The lowest BCUT2D eigenvalue weighted by Crippen LogP contribution is -2.25. The molecule has 0 radical (unpaired) electrons. The second-order valence-corrected chi connectivity index (χ2v) is 8.96. The highest BCUT2D eigenvalue weighted by Gasteiger charge is 2.32. The molecular weight excluding hydrogens is 424 g/mol. The lowest BCUT2D eigenvalue weighted by Gasteiger charge is -2.20. The molecule has 2 N–H and O–H groups in total. The molecule has 0 unspecified atom stereocenters. The summed E-state index contributed by atoms with van der Waals surface area (Å²) in [5, 5.41) is 7.53. The molecule has 3 aromatic rings. The average Bonchev–Trinajstić information content (AvgIpc) is 3.18. The molecule has 0 aliphatic carbocycles.